The lowest BCUT2D eigenvalue weighted by atomic mass is 9.95. The molecule has 2 aromatic carbocycles. The van der Waals surface area contributed by atoms with Gasteiger partial charge in [-0.25, -0.2) is 0 Å². The number of amides is 2. The zero-order valence-electron chi connectivity index (χ0n) is 18.7. The van der Waals surface area contributed by atoms with E-state index in [1.54, 1.807) is 0 Å². The van der Waals surface area contributed by atoms with E-state index < -0.39 is 5.92 Å². The molecule has 2 amide bonds. The van der Waals surface area contributed by atoms with Gasteiger partial charge in [-0.05, 0) is 51.0 Å². The molecular formula is C25H29N3O3. The molecule has 0 bridgehead atoms. The van der Waals surface area contributed by atoms with E-state index in [1.807, 2.05) is 87.2 Å². The van der Waals surface area contributed by atoms with E-state index in [0.29, 0.717) is 18.0 Å². The Morgan fingerprint density at radius 2 is 1.77 bits per heavy atom. The van der Waals surface area contributed by atoms with E-state index in [-0.39, 0.29) is 17.9 Å². The van der Waals surface area contributed by atoms with Gasteiger partial charge in [-0.1, -0.05) is 47.6 Å². The molecule has 6 heteroatoms. The van der Waals surface area contributed by atoms with Crippen molar-refractivity contribution in [1.82, 2.24) is 10.1 Å². The van der Waals surface area contributed by atoms with Crippen LogP contribution in [0.25, 0.3) is 0 Å². The molecule has 0 aliphatic rings. The van der Waals surface area contributed by atoms with Crippen LogP contribution in [0.3, 0.4) is 0 Å². The lowest BCUT2D eigenvalue weighted by molar-refractivity contribution is -0.135. The molecule has 1 heterocycles. The Bertz CT molecular complexity index is 1040. The van der Waals surface area contributed by atoms with Crippen LogP contribution in [0.1, 0.15) is 60.9 Å². The third kappa shape index (κ3) is 5.20. The first-order chi connectivity index (χ1) is 14.8. The van der Waals surface area contributed by atoms with E-state index in [0.717, 1.165) is 22.4 Å². The Labute approximate surface area is 183 Å². The van der Waals surface area contributed by atoms with Gasteiger partial charge >= 0.3 is 0 Å². The number of nitrogens with one attached hydrogen (secondary N) is 1. The van der Waals surface area contributed by atoms with Crippen molar-refractivity contribution in [2.75, 3.05) is 5.32 Å². The number of carbonyl (C=O) groups excluding carboxylic acids is 2. The Morgan fingerprint density at radius 3 is 2.39 bits per heavy atom. The van der Waals surface area contributed by atoms with E-state index in [4.69, 9.17) is 4.52 Å². The second-order valence-electron chi connectivity index (χ2n) is 7.89. The summed E-state index contributed by atoms with van der Waals surface area (Å²) in [4.78, 5) is 27.1. The first kappa shape index (κ1) is 22.3. The fourth-order valence-electron chi connectivity index (χ4n) is 3.93. The third-order valence-corrected chi connectivity index (χ3v) is 5.53. The van der Waals surface area contributed by atoms with Crippen LogP contribution in [-0.2, 0) is 16.1 Å². The highest BCUT2D eigenvalue weighted by Gasteiger charge is 2.30. The molecule has 0 fully saturated rings. The van der Waals surface area contributed by atoms with Crippen molar-refractivity contribution >= 4 is 17.5 Å². The van der Waals surface area contributed by atoms with Gasteiger partial charge in [0.1, 0.15) is 5.76 Å². The fourth-order valence-corrected chi connectivity index (χ4v) is 3.93. The van der Waals surface area contributed by atoms with Crippen LogP contribution in [0.5, 0.6) is 0 Å². The topological polar surface area (TPSA) is 75.4 Å². The average molecular weight is 420 g/mol. The first-order valence-electron chi connectivity index (χ1n) is 10.4. The summed E-state index contributed by atoms with van der Waals surface area (Å²) < 4.78 is 5.30. The summed E-state index contributed by atoms with van der Waals surface area (Å²) in [6.45, 7) is 9.55. The minimum absolute atomic E-state index is 0.00400. The molecule has 6 nitrogen and oxygen atoms in total. The number of anilines is 1. The van der Waals surface area contributed by atoms with Crippen LogP contribution in [-0.4, -0.2) is 21.9 Å². The van der Waals surface area contributed by atoms with Gasteiger partial charge in [0.05, 0.1) is 17.7 Å². The summed E-state index contributed by atoms with van der Waals surface area (Å²) >= 11 is 0. The standard InChI is InChI=1S/C25H29N3O3/c1-16(24-17(2)27-31-19(24)4)25(30)28(15-21-10-7-6-8-11-21)18(3)22-12-9-13-23(14-22)26-20(5)29/h6-14,16,18H,15H2,1-5H3,(H,26,29). The lowest BCUT2D eigenvalue weighted by Gasteiger charge is -2.32. The minimum Gasteiger partial charge on any atom is -0.361 e. The first-order valence-corrected chi connectivity index (χ1v) is 10.4. The van der Waals surface area contributed by atoms with Crippen LogP contribution >= 0.6 is 0 Å². The minimum atomic E-state index is -0.393. The normalized spacial score (nSPS) is 12.8. The molecule has 0 aliphatic heterocycles. The summed E-state index contributed by atoms with van der Waals surface area (Å²) in [6, 6.07) is 17.3. The highest BCUT2D eigenvalue weighted by Crippen LogP contribution is 2.31. The summed E-state index contributed by atoms with van der Waals surface area (Å²) in [5.41, 5.74) is 4.27. The maximum absolute atomic E-state index is 13.7. The van der Waals surface area contributed by atoms with Crippen molar-refractivity contribution in [3.63, 3.8) is 0 Å². The average Bonchev–Trinajstić information content (AvgIpc) is 3.09. The third-order valence-electron chi connectivity index (χ3n) is 5.53. The molecule has 3 rings (SSSR count). The molecule has 0 aliphatic carbocycles. The monoisotopic (exact) mass is 419 g/mol. The van der Waals surface area contributed by atoms with E-state index in [9.17, 15) is 9.59 Å². The van der Waals surface area contributed by atoms with Gasteiger partial charge < -0.3 is 14.7 Å². The summed E-state index contributed by atoms with van der Waals surface area (Å²) in [6.07, 6.45) is 0. The molecular weight excluding hydrogens is 390 g/mol. The maximum atomic E-state index is 13.7. The van der Waals surface area contributed by atoms with Crippen molar-refractivity contribution in [3.8, 4) is 0 Å². The fraction of sp³-hybridized carbons (Fsp3) is 0.320. The van der Waals surface area contributed by atoms with E-state index >= 15 is 0 Å². The molecule has 0 radical (unpaired) electrons. The number of aromatic nitrogens is 1. The zero-order chi connectivity index (χ0) is 22.5. The summed E-state index contributed by atoms with van der Waals surface area (Å²) in [7, 11) is 0. The van der Waals surface area contributed by atoms with Gasteiger partial charge in [0.15, 0.2) is 0 Å². The molecule has 0 saturated heterocycles. The molecule has 0 saturated carbocycles. The summed E-state index contributed by atoms with van der Waals surface area (Å²) in [5, 5.41) is 6.83. The van der Waals surface area contributed by atoms with Crippen molar-refractivity contribution in [1.29, 1.82) is 0 Å². The highest BCUT2D eigenvalue weighted by molar-refractivity contribution is 5.88. The number of benzene rings is 2. The van der Waals surface area contributed by atoms with Crippen LogP contribution < -0.4 is 5.32 Å². The Kier molecular flexibility index (Phi) is 6.90. The van der Waals surface area contributed by atoms with Gasteiger partial charge in [-0.3, -0.25) is 9.59 Å². The largest absolute Gasteiger partial charge is 0.361 e. The number of nitrogens with zero attached hydrogens (tertiary/aromatic N) is 2. The Morgan fingerprint density at radius 1 is 1.06 bits per heavy atom. The Hall–Kier alpha value is -3.41. The van der Waals surface area contributed by atoms with Crippen molar-refractivity contribution in [3.05, 3.63) is 82.7 Å². The number of hydrogen-bond donors (Lipinski definition) is 1. The van der Waals surface area contributed by atoms with E-state index in [2.05, 4.69) is 10.5 Å². The smallest absolute Gasteiger partial charge is 0.230 e. The molecule has 2 unspecified atom stereocenters. The Balaban J connectivity index is 1.96. The number of rotatable bonds is 7. The highest BCUT2D eigenvalue weighted by atomic mass is 16.5. The number of aryl methyl sites for hydroxylation is 2. The molecule has 0 spiro atoms. The maximum Gasteiger partial charge on any atom is 0.230 e. The number of carbonyl (C=O) groups is 2. The predicted octanol–water partition coefficient (Wildman–Crippen LogP) is 5.14. The van der Waals surface area contributed by atoms with Crippen LogP contribution in [0.4, 0.5) is 5.69 Å². The lowest BCUT2D eigenvalue weighted by Crippen LogP contribution is -2.36. The van der Waals surface area contributed by atoms with Crippen LogP contribution in [0.15, 0.2) is 59.1 Å². The van der Waals surface area contributed by atoms with Gasteiger partial charge in [0.25, 0.3) is 0 Å². The van der Waals surface area contributed by atoms with E-state index in [1.165, 1.54) is 6.92 Å². The molecule has 1 N–H and O–H groups in total. The van der Waals surface area contributed by atoms with Crippen LogP contribution in [0, 0.1) is 13.8 Å². The van der Waals surface area contributed by atoms with Gasteiger partial charge in [0.2, 0.25) is 11.8 Å². The molecule has 2 atom stereocenters. The van der Waals surface area contributed by atoms with Gasteiger partial charge in [-0.2, -0.15) is 0 Å². The van der Waals surface area contributed by atoms with Crippen molar-refractivity contribution in [2.45, 2.75) is 53.1 Å². The second kappa shape index (κ2) is 9.60. The molecule has 3 aromatic rings. The predicted molar refractivity (Wildman–Crippen MR) is 121 cm³/mol. The molecule has 1 aromatic heterocycles. The van der Waals surface area contributed by atoms with Crippen LogP contribution in [0.2, 0.25) is 0 Å². The number of hydrogen-bond acceptors (Lipinski definition) is 4. The van der Waals surface area contributed by atoms with Gasteiger partial charge in [-0.15, -0.1) is 0 Å². The quantitative estimate of drug-likeness (QED) is 0.575. The summed E-state index contributed by atoms with van der Waals surface area (Å²) in [5.74, 6) is 0.138. The van der Waals surface area contributed by atoms with Gasteiger partial charge in [0, 0.05) is 24.7 Å². The van der Waals surface area contributed by atoms with Crippen molar-refractivity contribution < 1.29 is 14.1 Å². The SMILES string of the molecule is CC(=O)Nc1cccc(C(C)N(Cc2ccccc2)C(=O)C(C)c2c(C)noc2C)c1. The molecule has 162 valence electrons. The van der Waals surface area contributed by atoms with Crippen molar-refractivity contribution in [2.24, 2.45) is 0 Å². The molecule has 31 heavy (non-hydrogen) atoms. The zero-order valence-corrected chi connectivity index (χ0v) is 18.7. The second-order valence-corrected chi connectivity index (χ2v) is 7.89.